The molecule has 0 aliphatic carbocycles. The first-order valence-corrected chi connectivity index (χ1v) is 8.70. The Kier molecular flexibility index (Phi) is 4.42. The second-order valence-corrected chi connectivity index (χ2v) is 6.36. The number of benzodiazepines with no additional fused rings is 1. The predicted octanol–water partition coefficient (Wildman–Crippen LogP) is 3.64. The summed E-state index contributed by atoms with van der Waals surface area (Å²) in [4.78, 5) is 18.6. The summed E-state index contributed by atoms with van der Waals surface area (Å²) < 4.78 is 11.1. The third-order valence-corrected chi connectivity index (χ3v) is 4.73. The lowest BCUT2D eigenvalue weighted by Gasteiger charge is -2.20. The van der Waals surface area contributed by atoms with Crippen molar-refractivity contribution in [1.29, 1.82) is 5.26 Å². The molecule has 1 amide bonds. The Morgan fingerprint density at radius 2 is 2.04 bits per heavy atom. The van der Waals surface area contributed by atoms with Crippen molar-refractivity contribution in [1.82, 2.24) is 0 Å². The van der Waals surface area contributed by atoms with Gasteiger partial charge in [0.15, 0.2) is 0 Å². The van der Waals surface area contributed by atoms with Crippen LogP contribution in [-0.2, 0) is 4.79 Å². The molecule has 3 aromatic rings. The van der Waals surface area contributed by atoms with Crippen LogP contribution in [0.2, 0.25) is 0 Å². The molecule has 138 valence electrons. The van der Waals surface area contributed by atoms with E-state index in [2.05, 4.69) is 11.1 Å². The molecule has 0 bridgehead atoms. The topological polar surface area (TPSA) is 78.8 Å². The van der Waals surface area contributed by atoms with E-state index in [1.54, 1.807) is 37.5 Å². The summed E-state index contributed by atoms with van der Waals surface area (Å²) in [6.07, 6.45) is 1.60. The maximum Gasteiger partial charge on any atom is 0.248 e. The molecule has 4 rings (SSSR count). The minimum absolute atomic E-state index is 0.0235. The Bertz CT molecular complexity index is 1120. The number of likely N-dealkylation sites (N-methyl/N-ethyl adjacent to an activating group) is 1. The highest BCUT2D eigenvalue weighted by atomic mass is 16.5. The van der Waals surface area contributed by atoms with Crippen molar-refractivity contribution in [3.8, 4) is 23.1 Å². The van der Waals surface area contributed by atoms with Gasteiger partial charge in [0.05, 0.1) is 42.0 Å². The third kappa shape index (κ3) is 2.93. The Hall–Kier alpha value is -3.85. The van der Waals surface area contributed by atoms with E-state index >= 15 is 0 Å². The maximum absolute atomic E-state index is 12.5. The SMILES string of the molecule is COc1cc2c(cc1-c1ccco1)C(c1cccc(C#N)c1)=NCC(=O)N2C. The van der Waals surface area contributed by atoms with Crippen LogP contribution in [0.1, 0.15) is 16.7 Å². The molecule has 0 fully saturated rings. The van der Waals surface area contributed by atoms with Crippen LogP contribution < -0.4 is 9.64 Å². The van der Waals surface area contributed by atoms with Crippen LogP contribution >= 0.6 is 0 Å². The number of nitriles is 1. The van der Waals surface area contributed by atoms with Gasteiger partial charge in [-0.25, -0.2) is 0 Å². The largest absolute Gasteiger partial charge is 0.496 e. The smallest absolute Gasteiger partial charge is 0.248 e. The molecule has 6 heteroatoms. The minimum atomic E-state index is -0.125. The molecule has 0 radical (unpaired) electrons. The summed E-state index contributed by atoms with van der Waals surface area (Å²) in [7, 11) is 3.30. The molecule has 2 aromatic carbocycles. The molecule has 1 aliphatic heterocycles. The van der Waals surface area contributed by atoms with E-state index in [1.807, 2.05) is 36.4 Å². The van der Waals surface area contributed by atoms with Crippen molar-refractivity contribution in [3.63, 3.8) is 0 Å². The van der Waals surface area contributed by atoms with Gasteiger partial charge in [-0.2, -0.15) is 5.26 Å². The van der Waals surface area contributed by atoms with Crippen molar-refractivity contribution in [2.45, 2.75) is 0 Å². The number of benzene rings is 2. The summed E-state index contributed by atoms with van der Waals surface area (Å²) in [5.74, 6) is 1.13. The fourth-order valence-corrected chi connectivity index (χ4v) is 3.28. The number of carbonyl (C=O) groups is 1. The van der Waals surface area contributed by atoms with Gasteiger partial charge in [0, 0.05) is 24.2 Å². The van der Waals surface area contributed by atoms with Gasteiger partial charge in [0.1, 0.15) is 18.1 Å². The van der Waals surface area contributed by atoms with E-state index in [1.165, 1.54) is 0 Å². The Morgan fingerprint density at radius 1 is 1.18 bits per heavy atom. The van der Waals surface area contributed by atoms with Crippen LogP contribution in [0.25, 0.3) is 11.3 Å². The second kappa shape index (κ2) is 7.05. The number of fused-ring (bicyclic) bond motifs is 1. The first-order valence-electron chi connectivity index (χ1n) is 8.70. The van der Waals surface area contributed by atoms with Gasteiger partial charge < -0.3 is 14.1 Å². The lowest BCUT2D eigenvalue weighted by molar-refractivity contribution is -0.116. The molecule has 0 N–H and O–H groups in total. The zero-order valence-corrected chi connectivity index (χ0v) is 15.5. The number of amides is 1. The fourth-order valence-electron chi connectivity index (χ4n) is 3.28. The number of rotatable bonds is 3. The Balaban J connectivity index is 1.98. The van der Waals surface area contributed by atoms with Gasteiger partial charge in [-0.1, -0.05) is 12.1 Å². The van der Waals surface area contributed by atoms with E-state index in [0.717, 1.165) is 16.7 Å². The molecule has 28 heavy (non-hydrogen) atoms. The van der Waals surface area contributed by atoms with Crippen molar-refractivity contribution in [2.24, 2.45) is 4.99 Å². The first-order chi connectivity index (χ1) is 13.6. The number of methoxy groups -OCH3 is 1. The average Bonchev–Trinajstić information content (AvgIpc) is 3.24. The van der Waals surface area contributed by atoms with Crippen LogP contribution in [0.5, 0.6) is 5.75 Å². The van der Waals surface area contributed by atoms with Gasteiger partial charge in [-0.15, -0.1) is 0 Å². The quantitative estimate of drug-likeness (QED) is 0.704. The van der Waals surface area contributed by atoms with Gasteiger partial charge in [0.25, 0.3) is 0 Å². The highest BCUT2D eigenvalue weighted by molar-refractivity contribution is 6.20. The monoisotopic (exact) mass is 371 g/mol. The van der Waals surface area contributed by atoms with Gasteiger partial charge in [0.2, 0.25) is 5.91 Å². The molecule has 0 saturated carbocycles. The molecule has 1 aliphatic rings. The number of hydrogen-bond donors (Lipinski definition) is 0. The van der Waals surface area contributed by atoms with Crippen molar-refractivity contribution in [3.05, 3.63) is 71.5 Å². The van der Waals surface area contributed by atoms with E-state index < -0.39 is 0 Å². The Morgan fingerprint density at radius 3 is 2.75 bits per heavy atom. The minimum Gasteiger partial charge on any atom is -0.496 e. The molecule has 0 saturated heterocycles. The number of furan rings is 1. The predicted molar refractivity (Wildman–Crippen MR) is 106 cm³/mol. The van der Waals surface area contributed by atoms with Crippen molar-refractivity contribution < 1.29 is 13.9 Å². The normalized spacial score (nSPS) is 13.4. The number of carbonyl (C=O) groups excluding carboxylic acids is 1. The summed E-state index contributed by atoms with van der Waals surface area (Å²) >= 11 is 0. The number of nitrogens with zero attached hydrogens (tertiary/aromatic N) is 3. The molecule has 0 spiro atoms. The lowest BCUT2D eigenvalue weighted by atomic mass is 9.96. The summed E-state index contributed by atoms with van der Waals surface area (Å²) in [6, 6.07) is 16.7. The number of aliphatic imine (C=N–C) groups is 1. The van der Waals surface area contributed by atoms with Gasteiger partial charge in [-0.3, -0.25) is 9.79 Å². The first kappa shape index (κ1) is 17.6. The fraction of sp³-hybridized carbons (Fsp3) is 0.136. The molecule has 0 atom stereocenters. The highest BCUT2D eigenvalue weighted by Crippen LogP contribution is 2.38. The average molecular weight is 371 g/mol. The molecular formula is C22H17N3O3. The maximum atomic E-state index is 12.5. The zero-order chi connectivity index (χ0) is 19.7. The lowest BCUT2D eigenvalue weighted by Crippen LogP contribution is -2.27. The second-order valence-electron chi connectivity index (χ2n) is 6.36. The van der Waals surface area contributed by atoms with Gasteiger partial charge >= 0.3 is 0 Å². The van der Waals surface area contributed by atoms with E-state index in [-0.39, 0.29) is 12.5 Å². The van der Waals surface area contributed by atoms with E-state index in [9.17, 15) is 10.1 Å². The van der Waals surface area contributed by atoms with Crippen LogP contribution in [0.15, 0.2) is 64.2 Å². The summed E-state index contributed by atoms with van der Waals surface area (Å²) in [5, 5.41) is 9.25. The summed E-state index contributed by atoms with van der Waals surface area (Å²) in [6.45, 7) is 0.0235. The third-order valence-electron chi connectivity index (χ3n) is 4.73. The van der Waals surface area contributed by atoms with Crippen LogP contribution in [-0.4, -0.2) is 32.3 Å². The summed E-state index contributed by atoms with van der Waals surface area (Å²) in [5.41, 5.74) is 4.19. The van der Waals surface area contributed by atoms with Crippen molar-refractivity contribution >= 4 is 17.3 Å². The van der Waals surface area contributed by atoms with Crippen LogP contribution in [0, 0.1) is 11.3 Å². The van der Waals surface area contributed by atoms with E-state index in [0.29, 0.717) is 28.5 Å². The number of anilines is 1. The molecule has 1 aromatic heterocycles. The van der Waals surface area contributed by atoms with Gasteiger partial charge in [-0.05, 0) is 30.3 Å². The number of hydrogen-bond acceptors (Lipinski definition) is 5. The molecule has 2 heterocycles. The van der Waals surface area contributed by atoms with Crippen molar-refractivity contribution in [2.75, 3.05) is 25.6 Å². The molecular weight excluding hydrogens is 354 g/mol. The highest BCUT2D eigenvalue weighted by Gasteiger charge is 2.25. The molecule has 6 nitrogen and oxygen atoms in total. The van der Waals surface area contributed by atoms with E-state index in [4.69, 9.17) is 9.15 Å². The Labute approximate surface area is 162 Å². The van der Waals surface area contributed by atoms with Crippen LogP contribution in [0.3, 0.4) is 0 Å². The molecule has 0 unspecified atom stereocenters. The zero-order valence-electron chi connectivity index (χ0n) is 15.5. The van der Waals surface area contributed by atoms with Crippen LogP contribution in [0.4, 0.5) is 5.69 Å². The number of ether oxygens (including phenoxy) is 1. The standard InChI is InChI=1S/C22H17N3O3/c1-25-18-11-20(27-2)17(19-7-4-8-28-19)10-16(18)22(24-13-21(25)26)15-6-3-5-14(9-15)12-23/h3-11H,13H2,1-2H3.